The van der Waals surface area contributed by atoms with E-state index in [1.165, 1.54) is 47.4 Å². The first kappa shape index (κ1) is 39.4. The third-order valence-corrected chi connectivity index (χ3v) is 10.8. The summed E-state index contributed by atoms with van der Waals surface area (Å²) in [5.41, 5.74) is -0.833. The van der Waals surface area contributed by atoms with Crippen LogP contribution in [0.4, 0.5) is 0 Å². The largest absolute Gasteiger partial charge is 0.508 e. The number of esters is 1. The van der Waals surface area contributed by atoms with Gasteiger partial charge in [0.2, 0.25) is 11.8 Å². The number of benzene rings is 1. The van der Waals surface area contributed by atoms with E-state index in [1.54, 1.807) is 38.3 Å². The number of cyclic esters (lactones) is 1. The van der Waals surface area contributed by atoms with Crippen LogP contribution >= 0.6 is 11.3 Å². The molecule has 0 radical (unpaired) electrons. The number of carbonyl (C=O) groups is 5. The standard InChI is InChI=1S/C36H53N5O7S/c1-11-13-26-22(6)34(46)48-36(8,21(5)12-2)35(47)40(9)28(18-24-14-16-25(42)17-15-24)33(45)41(10)29(20(3)4)31(44)37-23(7)32-39-27(19-49-32)30(43)38-26/h14-17,19-23,26,28-29,42H,11-13,18H2,1-10H3,(H,37,44)(H,38,43)/t21-,22-,23-,26+,28?,29-,36-/m0/s1. The maximum absolute atomic E-state index is 14.6. The van der Waals surface area contributed by atoms with E-state index in [1.807, 2.05) is 34.6 Å². The summed E-state index contributed by atoms with van der Waals surface area (Å²) in [7, 11) is 3.04. The number of nitrogens with one attached hydrogen (secondary N) is 2. The summed E-state index contributed by atoms with van der Waals surface area (Å²) in [5.74, 6) is -4.09. The first-order valence-corrected chi connectivity index (χ1v) is 18.0. The first-order valence-electron chi connectivity index (χ1n) is 17.1. The Bertz CT molecular complexity index is 1490. The molecule has 12 nitrogen and oxygen atoms in total. The average Bonchev–Trinajstić information content (AvgIpc) is 3.56. The molecule has 13 heteroatoms. The van der Waals surface area contributed by atoms with Gasteiger partial charge in [-0.05, 0) is 57.2 Å². The van der Waals surface area contributed by atoms with E-state index in [0.29, 0.717) is 29.8 Å². The minimum Gasteiger partial charge on any atom is -0.508 e. The molecule has 2 heterocycles. The van der Waals surface area contributed by atoms with Gasteiger partial charge in [-0.1, -0.05) is 53.2 Å². The molecule has 0 aliphatic carbocycles. The smallest absolute Gasteiger partial charge is 0.311 e. The molecule has 270 valence electrons. The van der Waals surface area contributed by atoms with Crippen molar-refractivity contribution in [2.24, 2.45) is 17.8 Å². The Hall–Kier alpha value is -4.00. The van der Waals surface area contributed by atoms with E-state index in [9.17, 15) is 29.1 Å². The Kier molecular flexibility index (Phi) is 13.4. The number of phenols is 1. The lowest BCUT2D eigenvalue weighted by Crippen LogP contribution is -2.61. The van der Waals surface area contributed by atoms with Gasteiger partial charge in [0.25, 0.3) is 11.8 Å². The molecule has 3 rings (SSSR count). The molecule has 0 saturated heterocycles. The molecule has 1 aliphatic rings. The van der Waals surface area contributed by atoms with Gasteiger partial charge in [0.1, 0.15) is 28.5 Å². The lowest BCUT2D eigenvalue weighted by Gasteiger charge is -2.41. The fourth-order valence-corrected chi connectivity index (χ4v) is 7.00. The highest BCUT2D eigenvalue weighted by molar-refractivity contribution is 7.09. The van der Waals surface area contributed by atoms with Crippen LogP contribution in [0.25, 0.3) is 0 Å². The second kappa shape index (κ2) is 16.6. The number of thiazole rings is 1. The topological polar surface area (TPSA) is 158 Å². The van der Waals surface area contributed by atoms with Crippen LogP contribution in [0.3, 0.4) is 0 Å². The van der Waals surface area contributed by atoms with Crippen molar-refractivity contribution in [3.63, 3.8) is 0 Å². The van der Waals surface area contributed by atoms with E-state index in [2.05, 4.69) is 15.6 Å². The van der Waals surface area contributed by atoms with Crippen molar-refractivity contribution in [1.29, 1.82) is 0 Å². The zero-order chi connectivity index (χ0) is 36.8. The van der Waals surface area contributed by atoms with Crippen molar-refractivity contribution < 1.29 is 33.8 Å². The lowest BCUT2D eigenvalue weighted by atomic mass is 9.85. The number of carbonyl (C=O) groups excluding carboxylic acids is 5. The van der Waals surface area contributed by atoms with Gasteiger partial charge in [0, 0.05) is 37.9 Å². The van der Waals surface area contributed by atoms with E-state index in [0.717, 1.165) is 0 Å². The van der Waals surface area contributed by atoms with E-state index in [4.69, 9.17) is 4.74 Å². The monoisotopic (exact) mass is 699 g/mol. The summed E-state index contributed by atoms with van der Waals surface area (Å²) in [6.45, 7) is 14.3. The summed E-state index contributed by atoms with van der Waals surface area (Å²) in [6, 6.07) is 3.16. The van der Waals surface area contributed by atoms with Gasteiger partial charge in [-0.2, -0.15) is 0 Å². The number of fused-ring (bicyclic) bond motifs is 2. The first-order chi connectivity index (χ1) is 23.0. The molecule has 3 N–H and O–H groups in total. The lowest BCUT2D eigenvalue weighted by molar-refractivity contribution is -0.183. The molecule has 0 fully saturated rings. The number of amides is 4. The molecular formula is C36H53N5O7S. The van der Waals surface area contributed by atoms with Crippen molar-refractivity contribution in [3.05, 3.63) is 45.9 Å². The second-order valence-electron chi connectivity index (χ2n) is 13.7. The van der Waals surface area contributed by atoms with E-state index < -0.39 is 71.2 Å². The fourth-order valence-electron chi connectivity index (χ4n) is 6.20. The predicted octanol–water partition coefficient (Wildman–Crippen LogP) is 4.47. The highest BCUT2D eigenvalue weighted by Gasteiger charge is 2.48. The average molecular weight is 700 g/mol. The van der Waals surface area contributed by atoms with Crippen LogP contribution in [0.5, 0.6) is 5.75 Å². The maximum atomic E-state index is 14.6. The number of ether oxygens (including phenoxy) is 1. The van der Waals surface area contributed by atoms with Gasteiger partial charge in [0.15, 0.2) is 5.60 Å². The van der Waals surface area contributed by atoms with Gasteiger partial charge < -0.3 is 30.3 Å². The molecule has 49 heavy (non-hydrogen) atoms. The minimum absolute atomic E-state index is 0.0538. The molecule has 2 bridgehead atoms. The zero-order valence-electron chi connectivity index (χ0n) is 30.4. The van der Waals surface area contributed by atoms with Crippen LogP contribution in [0.15, 0.2) is 29.6 Å². The van der Waals surface area contributed by atoms with Crippen molar-refractivity contribution in [2.75, 3.05) is 14.1 Å². The number of aromatic hydroxyl groups is 1. The quantitative estimate of drug-likeness (QED) is 0.357. The molecule has 1 aliphatic heterocycles. The van der Waals surface area contributed by atoms with Crippen molar-refractivity contribution >= 4 is 40.9 Å². The highest BCUT2D eigenvalue weighted by Crippen LogP contribution is 2.31. The molecule has 0 spiro atoms. The molecule has 4 amide bonds. The van der Waals surface area contributed by atoms with Crippen LogP contribution in [-0.4, -0.2) is 87.3 Å². The van der Waals surface area contributed by atoms with Crippen molar-refractivity contribution in [2.45, 2.75) is 111 Å². The molecule has 1 unspecified atom stereocenters. The summed E-state index contributed by atoms with van der Waals surface area (Å²) in [4.78, 5) is 77.3. The SMILES string of the molecule is CCC[C@H]1NC(=O)c2csc(n2)[C@H](C)NC(=O)[C@H](C(C)C)N(C)C(=O)C(Cc2ccc(O)cc2)N(C)C(=O)[C@](C)([C@@H](C)CC)OC(=O)[C@H]1C. The third kappa shape index (κ3) is 8.97. The number of hydrogen-bond acceptors (Lipinski definition) is 9. The summed E-state index contributed by atoms with van der Waals surface area (Å²) >= 11 is 1.23. The van der Waals surface area contributed by atoms with Gasteiger partial charge in [-0.3, -0.25) is 24.0 Å². The van der Waals surface area contributed by atoms with Crippen LogP contribution in [-0.2, 0) is 30.3 Å². The Morgan fingerprint density at radius 1 is 1.00 bits per heavy atom. The van der Waals surface area contributed by atoms with Crippen LogP contribution in [0.1, 0.15) is 102 Å². The number of phenolic OH excluding ortho intramolecular Hbond substituents is 1. The maximum Gasteiger partial charge on any atom is 0.311 e. The second-order valence-corrected chi connectivity index (χ2v) is 14.6. The molecule has 2 aromatic rings. The highest BCUT2D eigenvalue weighted by atomic mass is 32.1. The Balaban J connectivity index is 2.20. The van der Waals surface area contributed by atoms with E-state index >= 15 is 0 Å². The van der Waals surface area contributed by atoms with Crippen molar-refractivity contribution in [3.8, 4) is 5.75 Å². The van der Waals surface area contributed by atoms with Gasteiger partial charge in [0.05, 0.1) is 12.0 Å². The summed E-state index contributed by atoms with van der Waals surface area (Å²) in [5, 5.41) is 17.9. The predicted molar refractivity (Wildman–Crippen MR) is 188 cm³/mol. The number of likely N-dealkylation sites (N-methyl/N-ethyl adjacent to an activating group) is 2. The molecule has 1 aromatic heterocycles. The number of hydrogen-bond donors (Lipinski definition) is 3. The number of aromatic nitrogens is 1. The minimum atomic E-state index is -1.67. The van der Waals surface area contributed by atoms with Crippen LogP contribution < -0.4 is 10.6 Å². The summed E-state index contributed by atoms with van der Waals surface area (Å²) in [6.07, 6.45) is 1.71. The van der Waals surface area contributed by atoms with Crippen LogP contribution in [0.2, 0.25) is 0 Å². The number of nitrogens with zero attached hydrogens (tertiary/aromatic N) is 3. The fraction of sp³-hybridized carbons (Fsp3) is 0.611. The van der Waals surface area contributed by atoms with E-state index in [-0.39, 0.29) is 23.8 Å². The Morgan fingerprint density at radius 3 is 2.20 bits per heavy atom. The molecule has 1 aromatic carbocycles. The molecular weight excluding hydrogens is 646 g/mol. The molecule has 7 atom stereocenters. The van der Waals surface area contributed by atoms with Crippen molar-refractivity contribution in [1.82, 2.24) is 25.4 Å². The van der Waals surface area contributed by atoms with Crippen LogP contribution in [0, 0.1) is 17.8 Å². The summed E-state index contributed by atoms with van der Waals surface area (Å²) < 4.78 is 6.14. The zero-order valence-corrected chi connectivity index (χ0v) is 31.2. The number of rotatable bonds is 7. The van der Waals surface area contributed by atoms with Gasteiger partial charge in [-0.25, -0.2) is 4.98 Å². The van der Waals surface area contributed by atoms with Gasteiger partial charge in [-0.15, -0.1) is 11.3 Å². The third-order valence-electron chi connectivity index (χ3n) is 9.77. The van der Waals surface area contributed by atoms with Gasteiger partial charge >= 0.3 is 5.97 Å². The molecule has 0 saturated carbocycles. The Labute approximate surface area is 294 Å². The Morgan fingerprint density at radius 2 is 1.63 bits per heavy atom. The normalized spacial score (nSPS) is 27.2.